The molecule has 3 aromatic carbocycles. The first-order chi connectivity index (χ1) is 14.3. The van der Waals surface area contributed by atoms with E-state index in [1.54, 1.807) is 19.2 Å². The van der Waals surface area contributed by atoms with E-state index in [-0.39, 0.29) is 16.0 Å². The molecule has 30 heavy (non-hydrogen) atoms. The number of hydrogen-bond donors (Lipinski definition) is 0. The second kappa shape index (κ2) is 5.98. The first-order valence-electron chi connectivity index (χ1n) is 9.80. The molecule has 1 spiro atoms. The summed E-state index contributed by atoms with van der Waals surface area (Å²) in [6, 6.07) is 14.8. The van der Waals surface area contributed by atoms with Gasteiger partial charge < -0.3 is 14.4 Å². The maximum Gasteiger partial charge on any atom is 0.270 e. The molecule has 152 valence electrons. The SMILES string of the molecule is COc1ccc2c(c1)C(C)(C)C1(C=Cc3c(ccc4cc([N+](=O)[O-])ccc34)O1)N2C. The highest BCUT2D eigenvalue weighted by Gasteiger charge is 2.57. The standard InChI is InChI=1S/C24H22N2O4/c1-23(2)20-14-17(29-4)7-9-21(20)25(3)24(23)12-11-19-18-8-6-16(26(27)28)13-15(18)5-10-22(19)30-24/h5-14H,1-4H3. The van der Waals surface area contributed by atoms with Gasteiger partial charge in [-0.15, -0.1) is 0 Å². The third-order valence-electron chi connectivity index (χ3n) is 6.59. The largest absolute Gasteiger partial charge is 0.497 e. The van der Waals surface area contributed by atoms with Gasteiger partial charge in [0.2, 0.25) is 5.72 Å². The zero-order chi connectivity index (χ0) is 21.3. The van der Waals surface area contributed by atoms with Gasteiger partial charge in [0.25, 0.3) is 5.69 Å². The summed E-state index contributed by atoms with van der Waals surface area (Å²) in [4.78, 5) is 12.9. The number of likely N-dealkylation sites (N-methyl/N-ethyl adjacent to an activating group) is 1. The molecule has 0 saturated carbocycles. The van der Waals surface area contributed by atoms with Crippen molar-refractivity contribution in [1.82, 2.24) is 0 Å². The van der Waals surface area contributed by atoms with Crippen LogP contribution in [0.3, 0.4) is 0 Å². The molecule has 0 bridgehead atoms. The monoisotopic (exact) mass is 402 g/mol. The van der Waals surface area contributed by atoms with Crippen LogP contribution in [0, 0.1) is 10.1 Å². The molecule has 0 radical (unpaired) electrons. The van der Waals surface area contributed by atoms with E-state index in [2.05, 4.69) is 43.0 Å². The first-order valence-corrected chi connectivity index (χ1v) is 9.80. The predicted octanol–water partition coefficient (Wildman–Crippen LogP) is 5.29. The lowest BCUT2D eigenvalue weighted by Crippen LogP contribution is -2.58. The van der Waals surface area contributed by atoms with Crippen molar-refractivity contribution in [2.45, 2.75) is 25.0 Å². The molecule has 5 rings (SSSR count). The fourth-order valence-corrected chi connectivity index (χ4v) is 4.84. The lowest BCUT2D eigenvalue weighted by molar-refractivity contribution is -0.384. The number of rotatable bonds is 2. The Bertz CT molecular complexity index is 1250. The van der Waals surface area contributed by atoms with Gasteiger partial charge in [-0.25, -0.2) is 0 Å². The van der Waals surface area contributed by atoms with Crippen LogP contribution in [0.15, 0.2) is 54.6 Å². The van der Waals surface area contributed by atoms with E-state index in [9.17, 15) is 10.1 Å². The molecule has 6 nitrogen and oxygen atoms in total. The van der Waals surface area contributed by atoms with Gasteiger partial charge in [0.05, 0.1) is 17.4 Å². The quantitative estimate of drug-likeness (QED) is 0.431. The number of nitrogens with zero attached hydrogens (tertiary/aromatic N) is 2. The molecule has 0 aromatic heterocycles. The Balaban J connectivity index is 1.65. The number of anilines is 1. The fourth-order valence-electron chi connectivity index (χ4n) is 4.84. The highest BCUT2D eigenvalue weighted by molar-refractivity contribution is 5.95. The molecule has 0 N–H and O–H groups in total. The van der Waals surface area contributed by atoms with Crippen molar-refractivity contribution in [2.24, 2.45) is 0 Å². The number of hydrogen-bond acceptors (Lipinski definition) is 5. The van der Waals surface area contributed by atoms with Crippen molar-refractivity contribution >= 4 is 28.2 Å². The zero-order valence-electron chi connectivity index (χ0n) is 17.3. The van der Waals surface area contributed by atoms with Crippen LogP contribution in [-0.2, 0) is 5.41 Å². The summed E-state index contributed by atoms with van der Waals surface area (Å²) in [7, 11) is 3.71. The van der Waals surface area contributed by atoms with E-state index in [1.807, 2.05) is 25.2 Å². The van der Waals surface area contributed by atoms with Gasteiger partial charge in [-0.3, -0.25) is 10.1 Å². The Morgan fingerprint density at radius 1 is 1.10 bits per heavy atom. The maximum atomic E-state index is 11.1. The third kappa shape index (κ3) is 2.24. The topological polar surface area (TPSA) is 64.8 Å². The summed E-state index contributed by atoms with van der Waals surface area (Å²) in [6.45, 7) is 4.35. The Hall–Kier alpha value is -3.54. The Morgan fingerprint density at radius 2 is 1.90 bits per heavy atom. The molecule has 2 heterocycles. The molecule has 1 unspecified atom stereocenters. The molecule has 2 aliphatic rings. The van der Waals surface area contributed by atoms with E-state index in [0.717, 1.165) is 39.1 Å². The Morgan fingerprint density at radius 3 is 2.63 bits per heavy atom. The Kier molecular flexibility index (Phi) is 3.69. The van der Waals surface area contributed by atoms with Crippen LogP contribution >= 0.6 is 0 Å². The van der Waals surface area contributed by atoms with Crippen molar-refractivity contribution in [3.05, 3.63) is 75.8 Å². The average Bonchev–Trinajstić information content (AvgIpc) is 2.91. The number of ether oxygens (including phenoxy) is 2. The highest BCUT2D eigenvalue weighted by Crippen LogP contribution is 2.55. The summed E-state index contributed by atoms with van der Waals surface area (Å²) >= 11 is 0. The summed E-state index contributed by atoms with van der Waals surface area (Å²) in [5, 5.41) is 12.9. The van der Waals surface area contributed by atoms with Crippen LogP contribution in [0.2, 0.25) is 0 Å². The number of nitro groups is 1. The van der Waals surface area contributed by atoms with Gasteiger partial charge in [-0.2, -0.15) is 0 Å². The molecule has 0 fully saturated rings. The average molecular weight is 402 g/mol. The lowest BCUT2D eigenvalue weighted by Gasteiger charge is -2.45. The second-order valence-electron chi connectivity index (χ2n) is 8.34. The van der Waals surface area contributed by atoms with Crippen LogP contribution < -0.4 is 14.4 Å². The van der Waals surface area contributed by atoms with Gasteiger partial charge in [0.15, 0.2) is 0 Å². The minimum atomic E-state index is -0.691. The minimum absolute atomic E-state index is 0.0840. The van der Waals surface area contributed by atoms with Crippen LogP contribution in [0.4, 0.5) is 11.4 Å². The summed E-state index contributed by atoms with van der Waals surface area (Å²) < 4.78 is 12.2. The lowest BCUT2D eigenvalue weighted by atomic mass is 9.76. The number of benzene rings is 3. The molecule has 6 heteroatoms. The van der Waals surface area contributed by atoms with Gasteiger partial charge in [0, 0.05) is 30.4 Å². The first kappa shape index (κ1) is 18.5. The van der Waals surface area contributed by atoms with Crippen molar-refractivity contribution in [3.8, 4) is 11.5 Å². The van der Waals surface area contributed by atoms with Crippen LogP contribution in [0.1, 0.15) is 25.0 Å². The van der Waals surface area contributed by atoms with Crippen molar-refractivity contribution < 1.29 is 14.4 Å². The van der Waals surface area contributed by atoms with Gasteiger partial charge in [-0.1, -0.05) is 6.07 Å². The molecule has 3 aromatic rings. The minimum Gasteiger partial charge on any atom is -0.497 e. The third-order valence-corrected chi connectivity index (χ3v) is 6.59. The smallest absolute Gasteiger partial charge is 0.270 e. The predicted molar refractivity (Wildman–Crippen MR) is 117 cm³/mol. The van der Waals surface area contributed by atoms with Crippen LogP contribution in [0.25, 0.3) is 16.8 Å². The van der Waals surface area contributed by atoms with Gasteiger partial charge in [-0.05, 0) is 72.7 Å². The van der Waals surface area contributed by atoms with Gasteiger partial charge >= 0.3 is 0 Å². The van der Waals surface area contributed by atoms with Crippen molar-refractivity contribution in [3.63, 3.8) is 0 Å². The van der Waals surface area contributed by atoms with E-state index in [4.69, 9.17) is 9.47 Å². The highest BCUT2D eigenvalue weighted by atomic mass is 16.6. The zero-order valence-corrected chi connectivity index (χ0v) is 17.3. The van der Waals surface area contributed by atoms with Crippen LogP contribution in [0.5, 0.6) is 11.5 Å². The molecular weight excluding hydrogens is 380 g/mol. The second-order valence-corrected chi connectivity index (χ2v) is 8.34. The molecule has 0 saturated heterocycles. The van der Waals surface area contributed by atoms with Crippen LogP contribution in [-0.4, -0.2) is 24.8 Å². The maximum absolute atomic E-state index is 11.1. The molecule has 2 aliphatic heterocycles. The molecule has 0 aliphatic carbocycles. The molecular formula is C24H22N2O4. The normalized spacial score (nSPS) is 20.7. The number of nitro benzene ring substituents is 1. The summed E-state index contributed by atoms with van der Waals surface area (Å²) in [5.74, 6) is 1.58. The molecule has 0 amide bonds. The summed E-state index contributed by atoms with van der Waals surface area (Å²) in [5.41, 5.74) is 2.25. The van der Waals surface area contributed by atoms with E-state index >= 15 is 0 Å². The number of fused-ring (bicyclic) bond motifs is 4. The van der Waals surface area contributed by atoms with E-state index in [1.165, 1.54) is 6.07 Å². The number of non-ortho nitro benzene ring substituents is 1. The number of methoxy groups -OCH3 is 1. The van der Waals surface area contributed by atoms with Crippen molar-refractivity contribution in [2.75, 3.05) is 19.1 Å². The Labute approximate surface area is 174 Å². The fraction of sp³-hybridized carbons (Fsp3) is 0.250. The van der Waals surface area contributed by atoms with Crippen molar-refractivity contribution in [1.29, 1.82) is 0 Å². The van der Waals surface area contributed by atoms with E-state index in [0.29, 0.717) is 0 Å². The summed E-state index contributed by atoms with van der Waals surface area (Å²) in [6.07, 6.45) is 4.18. The van der Waals surface area contributed by atoms with Gasteiger partial charge in [0.1, 0.15) is 11.5 Å². The molecule has 1 atom stereocenters. The van der Waals surface area contributed by atoms with E-state index < -0.39 is 5.72 Å².